The van der Waals surface area contributed by atoms with Crippen molar-refractivity contribution in [2.75, 3.05) is 13.2 Å². The normalized spacial score (nSPS) is 15.1. The second-order valence-electron chi connectivity index (χ2n) is 14.6. The third kappa shape index (κ3) is 7.55. The Morgan fingerprint density at radius 3 is 1.53 bits per heavy atom. The Morgan fingerprint density at radius 2 is 1.00 bits per heavy atom. The number of nitrogens with zero attached hydrogens (tertiary/aromatic N) is 4. The summed E-state index contributed by atoms with van der Waals surface area (Å²) in [5, 5.41) is 15.2. The zero-order valence-electron chi connectivity index (χ0n) is 31.7. The van der Waals surface area contributed by atoms with Crippen molar-refractivity contribution in [2.24, 2.45) is 0 Å². The molecule has 1 saturated carbocycles. The summed E-state index contributed by atoms with van der Waals surface area (Å²) in [6, 6.07) is 49.4. The molecular weight excluding hydrogens is 721 g/mol. The van der Waals surface area contributed by atoms with Crippen LogP contribution in [0.25, 0.3) is 67.1 Å². The van der Waals surface area contributed by atoms with Crippen molar-refractivity contribution in [3.8, 4) is 45.0 Å². The summed E-state index contributed by atoms with van der Waals surface area (Å²) in [6.45, 7) is 0.0329. The van der Waals surface area contributed by atoms with Gasteiger partial charge in [0.15, 0.2) is 0 Å². The summed E-state index contributed by atoms with van der Waals surface area (Å²) in [5.41, 5.74) is 11.7. The van der Waals surface area contributed by atoms with Crippen LogP contribution in [0.1, 0.15) is 51.5 Å². The van der Waals surface area contributed by atoms with Crippen molar-refractivity contribution in [1.29, 1.82) is 0 Å². The topological polar surface area (TPSA) is 130 Å². The van der Waals surface area contributed by atoms with Gasteiger partial charge in [-0.25, -0.2) is 19.9 Å². The van der Waals surface area contributed by atoms with E-state index in [9.17, 15) is 14.7 Å². The highest BCUT2D eigenvalue weighted by Crippen LogP contribution is 2.38. The zero-order valence-corrected chi connectivity index (χ0v) is 31.7. The summed E-state index contributed by atoms with van der Waals surface area (Å²) in [4.78, 5) is 46.7. The number of carbonyl (C=O) groups is 2. The third-order valence-corrected chi connectivity index (χ3v) is 10.8. The molecule has 8 aromatic rings. The van der Waals surface area contributed by atoms with Gasteiger partial charge in [0.25, 0.3) is 11.8 Å². The summed E-state index contributed by atoms with van der Waals surface area (Å²) < 4.78 is 0. The minimum Gasteiger partial charge on any atom is -0.395 e. The lowest BCUT2D eigenvalue weighted by atomic mass is 9.94. The highest BCUT2D eigenvalue weighted by atomic mass is 16.3. The molecule has 284 valence electrons. The number of hydrogen-bond acceptors (Lipinski definition) is 7. The van der Waals surface area contributed by atoms with Crippen LogP contribution in [0.4, 0.5) is 0 Å². The van der Waals surface area contributed by atoms with Crippen LogP contribution in [-0.4, -0.2) is 56.1 Å². The van der Waals surface area contributed by atoms with Crippen LogP contribution >= 0.6 is 0 Å². The van der Waals surface area contributed by atoms with Crippen LogP contribution in [0.2, 0.25) is 0 Å². The van der Waals surface area contributed by atoms with Gasteiger partial charge in [-0.1, -0.05) is 109 Å². The fraction of sp³-hybridized carbons (Fsp3) is 0.143. The number of benzene rings is 6. The maximum Gasteiger partial charge on any atom is 0.251 e. The predicted molar refractivity (Wildman–Crippen MR) is 228 cm³/mol. The number of rotatable bonds is 10. The fourth-order valence-corrected chi connectivity index (χ4v) is 7.88. The van der Waals surface area contributed by atoms with E-state index in [1.807, 2.05) is 121 Å². The van der Waals surface area contributed by atoms with Crippen LogP contribution in [0.3, 0.4) is 0 Å². The second kappa shape index (κ2) is 16.2. The molecule has 2 amide bonds. The Balaban J connectivity index is 0.964. The molecule has 2 aromatic heterocycles. The standard InChI is InChI=1S/C49H40N6O3/c56-26-25-50-48(57)37-20-23-40-42(29-37)55-47(46(53-40)33-15-8-3-9-16-33)36-18-10-17-34(27-36)35-19-22-39(28-35)51-49(58)38-21-24-41-43(30-38)54-45(32-13-6-2-7-14-32)44(52-41)31-11-4-1-5-12-31/h1-18,20-21,23-24,27,29-30,35,39,56H,19,22,25-26,28H2,(H,50,57)(H,51,58). The Morgan fingerprint density at radius 1 is 0.517 bits per heavy atom. The van der Waals surface area contributed by atoms with Crippen molar-refractivity contribution in [1.82, 2.24) is 30.6 Å². The second-order valence-corrected chi connectivity index (χ2v) is 14.6. The smallest absolute Gasteiger partial charge is 0.251 e. The maximum absolute atomic E-state index is 13.8. The van der Waals surface area contributed by atoms with Crippen LogP contribution in [0, 0.1) is 0 Å². The van der Waals surface area contributed by atoms with E-state index in [0.717, 1.165) is 69.8 Å². The summed E-state index contributed by atoms with van der Waals surface area (Å²) in [6.07, 6.45) is 2.60. The largest absolute Gasteiger partial charge is 0.395 e. The Kier molecular flexibility index (Phi) is 10.2. The lowest BCUT2D eigenvalue weighted by Crippen LogP contribution is -2.32. The number of fused-ring (bicyclic) bond motifs is 2. The van der Waals surface area contributed by atoms with Crippen LogP contribution in [-0.2, 0) is 0 Å². The van der Waals surface area contributed by atoms with E-state index in [-0.39, 0.29) is 36.9 Å². The van der Waals surface area contributed by atoms with E-state index in [0.29, 0.717) is 27.7 Å². The Bertz CT molecular complexity index is 2780. The van der Waals surface area contributed by atoms with E-state index >= 15 is 0 Å². The van der Waals surface area contributed by atoms with Crippen molar-refractivity contribution >= 4 is 33.9 Å². The molecule has 2 unspecified atom stereocenters. The number of hydrogen-bond donors (Lipinski definition) is 3. The van der Waals surface area contributed by atoms with Gasteiger partial charge < -0.3 is 15.7 Å². The number of aliphatic hydroxyl groups excluding tert-OH is 1. The number of nitrogens with one attached hydrogen (secondary N) is 2. The SMILES string of the molecule is O=C(NCCO)c1ccc2nc(-c3ccccc3)c(-c3cccc(C4CCC(NC(=O)c5ccc6nc(-c7ccccc7)c(-c7ccccc7)nc6c5)C4)c3)nc2c1. The Hall–Kier alpha value is -7.10. The van der Waals surface area contributed by atoms with Gasteiger partial charge in [-0.05, 0) is 73.2 Å². The molecule has 1 aliphatic rings. The van der Waals surface area contributed by atoms with Gasteiger partial charge in [-0.2, -0.15) is 0 Å². The van der Waals surface area contributed by atoms with Gasteiger partial charge >= 0.3 is 0 Å². The first-order chi connectivity index (χ1) is 28.5. The lowest BCUT2D eigenvalue weighted by Gasteiger charge is -2.16. The average molecular weight is 761 g/mol. The molecule has 0 radical (unpaired) electrons. The number of aliphatic hydroxyl groups is 1. The zero-order chi connectivity index (χ0) is 39.4. The monoisotopic (exact) mass is 760 g/mol. The molecule has 3 N–H and O–H groups in total. The number of aromatic nitrogens is 4. The van der Waals surface area contributed by atoms with Crippen molar-refractivity contribution < 1.29 is 14.7 Å². The first-order valence-electron chi connectivity index (χ1n) is 19.6. The van der Waals surface area contributed by atoms with Gasteiger partial charge in [-0.15, -0.1) is 0 Å². The molecule has 6 aromatic carbocycles. The van der Waals surface area contributed by atoms with Gasteiger partial charge in [-0.3, -0.25) is 9.59 Å². The molecule has 0 saturated heterocycles. The maximum atomic E-state index is 13.8. The molecule has 1 aliphatic carbocycles. The number of carbonyl (C=O) groups excluding carboxylic acids is 2. The molecule has 1 fully saturated rings. The molecule has 9 nitrogen and oxygen atoms in total. The van der Waals surface area contributed by atoms with E-state index in [1.54, 1.807) is 12.1 Å². The van der Waals surface area contributed by atoms with Crippen molar-refractivity contribution in [3.05, 3.63) is 168 Å². The number of amides is 2. The van der Waals surface area contributed by atoms with Crippen LogP contribution in [0.15, 0.2) is 152 Å². The first kappa shape index (κ1) is 36.5. The van der Waals surface area contributed by atoms with E-state index in [1.165, 1.54) is 5.56 Å². The molecule has 58 heavy (non-hydrogen) atoms. The predicted octanol–water partition coefficient (Wildman–Crippen LogP) is 9.03. The third-order valence-electron chi connectivity index (χ3n) is 10.8. The van der Waals surface area contributed by atoms with Crippen molar-refractivity contribution in [2.45, 2.75) is 31.2 Å². The molecule has 9 heteroatoms. The minimum absolute atomic E-state index is 0.0130. The fourth-order valence-electron chi connectivity index (χ4n) is 7.88. The highest BCUT2D eigenvalue weighted by Gasteiger charge is 2.28. The average Bonchev–Trinajstić information content (AvgIpc) is 3.76. The van der Waals surface area contributed by atoms with E-state index < -0.39 is 0 Å². The lowest BCUT2D eigenvalue weighted by molar-refractivity contribution is 0.0932. The van der Waals surface area contributed by atoms with Crippen molar-refractivity contribution in [3.63, 3.8) is 0 Å². The molecule has 0 spiro atoms. The molecular formula is C49H40N6O3. The van der Waals surface area contributed by atoms with Crippen LogP contribution < -0.4 is 10.6 Å². The summed E-state index contributed by atoms with van der Waals surface area (Å²) in [5.74, 6) is -0.159. The first-order valence-corrected chi connectivity index (χ1v) is 19.6. The molecule has 2 atom stereocenters. The van der Waals surface area contributed by atoms with Gasteiger partial charge in [0.05, 0.1) is 51.4 Å². The Labute approximate surface area is 335 Å². The quantitative estimate of drug-likeness (QED) is 0.127. The molecule has 0 bridgehead atoms. The molecule has 0 aliphatic heterocycles. The van der Waals surface area contributed by atoms with Gasteiger partial charge in [0, 0.05) is 46.0 Å². The van der Waals surface area contributed by atoms with E-state index in [2.05, 4.69) is 28.8 Å². The van der Waals surface area contributed by atoms with Gasteiger partial charge in [0.1, 0.15) is 0 Å². The highest BCUT2D eigenvalue weighted by molar-refractivity contribution is 5.99. The summed E-state index contributed by atoms with van der Waals surface area (Å²) in [7, 11) is 0. The van der Waals surface area contributed by atoms with Gasteiger partial charge in [0.2, 0.25) is 0 Å². The molecule has 9 rings (SSSR count). The van der Waals surface area contributed by atoms with Crippen LogP contribution in [0.5, 0.6) is 0 Å². The van der Waals surface area contributed by atoms with E-state index in [4.69, 9.17) is 19.9 Å². The summed E-state index contributed by atoms with van der Waals surface area (Å²) >= 11 is 0. The minimum atomic E-state index is -0.278. The molecule has 2 heterocycles.